The van der Waals surface area contributed by atoms with Crippen molar-refractivity contribution in [1.82, 2.24) is 0 Å². The van der Waals surface area contributed by atoms with Gasteiger partial charge in [-0.15, -0.1) is 0 Å². The van der Waals surface area contributed by atoms with Crippen molar-refractivity contribution in [3.05, 3.63) is 35.4 Å². The molecule has 12 heavy (non-hydrogen) atoms. The molecule has 0 aliphatic carbocycles. The van der Waals surface area contributed by atoms with Gasteiger partial charge in [-0.1, -0.05) is 42.0 Å². The Morgan fingerprint density at radius 1 is 1.33 bits per heavy atom. The van der Waals surface area contributed by atoms with Gasteiger partial charge in [0.1, 0.15) is 6.17 Å². The van der Waals surface area contributed by atoms with E-state index in [-0.39, 0.29) is 0 Å². The first-order valence-corrected chi connectivity index (χ1v) is 4.27. The summed E-state index contributed by atoms with van der Waals surface area (Å²) < 4.78 is 12.7. The van der Waals surface area contributed by atoms with Crippen LogP contribution in [0.2, 0.25) is 0 Å². The fourth-order valence-corrected chi connectivity index (χ4v) is 1.08. The van der Waals surface area contributed by atoms with E-state index < -0.39 is 6.17 Å². The van der Waals surface area contributed by atoms with Gasteiger partial charge in [0.2, 0.25) is 0 Å². The van der Waals surface area contributed by atoms with Crippen LogP contribution in [0.4, 0.5) is 4.39 Å². The molecule has 0 aromatic heterocycles. The fraction of sp³-hybridized carbons (Fsp3) is 0.300. The second kappa shape index (κ2) is 3.76. The van der Waals surface area contributed by atoms with Crippen molar-refractivity contribution in [2.24, 2.45) is 0 Å². The molecule has 0 fully saturated rings. The Bertz CT molecular complexity index is 274. The molecule has 0 aliphatic rings. The molecule has 1 atom stereocenters. The molecule has 1 aromatic rings. The molecule has 2 heteroatoms. The monoisotopic (exact) mass is 182 g/mol. The van der Waals surface area contributed by atoms with Crippen molar-refractivity contribution in [3.8, 4) is 0 Å². The number of aryl methyl sites for hydroxylation is 1. The van der Waals surface area contributed by atoms with Crippen molar-refractivity contribution >= 4 is 17.1 Å². The van der Waals surface area contributed by atoms with Crippen molar-refractivity contribution in [3.63, 3.8) is 0 Å². The van der Waals surface area contributed by atoms with Crippen molar-refractivity contribution in [2.75, 3.05) is 0 Å². The summed E-state index contributed by atoms with van der Waals surface area (Å²) in [5.41, 5.74) is 1.97. The zero-order valence-electron chi connectivity index (χ0n) is 7.17. The zero-order chi connectivity index (χ0) is 9.14. The summed E-state index contributed by atoms with van der Waals surface area (Å²) >= 11 is 4.91. The predicted octanol–water partition coefficient (Wildman–Crippen LogP) is 3.07. The average molecular weight is 182 g/mol. The Morgan fingerprint density at radius 3 is 2.25 bits per heavy atom. The van der Waals surface area contributed by atoms with Gasteiger partial charge in [-0.3, -0.25) is 0 Å². The number of alkyl halides is 1. The van der Waals surface area contributed by atoms with Crippen LogP contribution >= 0.6 is 12.2 Å². The third-order valence-electron chi connectivity index (χ3n) is 1.70. The summed E-state index contributed by atoms with van der Waals surface area (Å²) in [6, 6.07) is 7.58. The van der Waals surface area contributed by atoms with Gasteiger partial charge in [-0.25, -0.2) is 4.39 Å². The van der Waals surface area contributed by atoms with Crippen LogP contribution in [0.25, 0.3) is 0 Å². The number of hydrogen-bond acceptors (Lipinski definition) is 1. The van der Waals surface area contributed by atoms with Gasteiger partial charge in [0.05, 0.1) is 4.86 Å². The van der Waals surface area contributed by atoms with Gasteiger partial charge in [0, 0.05) is 0 Å². The summed E-state index contributed by atoms with van der Waals surface area (Å²) in [4.78, 5) is 0.384. The molecule has 0 saturated heterocycles. The van der Waals surface area contributed by atoms with Crippen molar-refractivity contribution < 1.29 is 4.39 Å². The van der Waals surface area contributed by atoms with E-state index >= 15 is 0 Å². The number of halogens is 1. The van der Waals surface area contributed by atoms with Crippen LogP contribution < -0.4 is 0 Å². The molecule has 0 amide bonds. The SMILES string of the molecule is Cc1ccc(C(=S)C(C)F)cc1. The third-order valence-corrected chi connectivity index (χ3v) is 2.26. The molecule has 1 rings (SSSR count). The molecule has 0 heterocycles. The van der Waals surface area contributed by atoms with Gasteiger partial charge in [-0.05, 0) is 19.4 Å². The molecule has 1 aromatic carbocycles. The molecular weight excluding hydrogens is 171 g/mol. The molecule has 64 valence electrons. The predicted molar refractivity (Wildman–Crippen MR) is 53.4 cm³/mol. The van der Waals surface area contributed by atoms with E-state index in [2.05, 4.69) is 0 Å². The van der Waals surface area contributed by atoms with E-state index in [1.807, 2.05) is 31.2 Å². The highest BCUT2D eigenvalue weighted by Gasteiger charge is 2.07. The first-order chi connectivity index (χ1) is 5.61. The Labute approximate surface area is 77.4 Å². The van der Waals surface area contributed by atoms with E-state index in [1.165, 1.54) is 6.92 Å². The normalized spacial score (nSPS) is 12.6. The highest BCUT2D eigenvalue weighted by atomic mass is 32.1. The molecule has 0 radical (unpaired) electrons. The van der Waals surface area contributed by atoms with E-state index in [1.54, 1.807) is 0 Å². The molecular formula is C10H11FS. The zero-order valence-corrected chi connectivity index (χ0v) is 7.99. The molecule has 0 saturated carbocycles. The average Bonchev–Trinajstić information content (AvgIpc) is 2.04. The number of thiocarbonyl (C=S) groups is 1. The highest BCUT2D eigenvalue weighted by Crippen LogP contribution is 2.09. The van der Waals surface area contributed by atoms with Crippen LogP contribution in [-0.2, 0) is 0 Å². The lowest BCUT2D eigenvalue weighted by atomic mass is 10.1. The Morgan fingerprint density at radius 2 is 1.83 bits per heavy atom. The van der Waals surface area contributed by atoms with E-state index in [0.717, 1.165) is 11.1 Å². The Hall–Kier alpha value is -0.760. The molecule has 0 N–H and O–H groups in total. The minimum absolute atomic E-state index is 0.384. The topological polar surface area (TPSA) is 0 Å². The second-order valence-corrected chi connectivity index (χ2v) is 3.29. The van der Waals surface area contributed by atoms with Crippen LogP contribution in [-0.4, -0.2) is 11.0 Å². The van der Waals surface area contributed by atoms with E-state index in [4.69, 9.17) is 12.2 Å². The molecule has 0 nitrogen and oxygen atoms in total. The maximum Gasteiger partial charge on any atom is 0.133 e. The minimum atomic E-state index is -1.04. The lowest BCUT2D eigenvalue weighted by Crippen LogP contribution is -2.09. The summed E-state index contributed by atoms with van der Waals surface area (Å²) in [7, 11) is 0. The van der Waals surface area contributed by atoms with Gasteiger partial charge in [0.15, 0.2) is 0 Å². The highest BCUT2D eigenvalue weighted by molar-refractivity contribution is 7.81. The molecule has 0 spiro atoms. The maximum absolute atomic E-state index is 12.7. The largest absolute Gasteiger partial charge is 0.242 e. The van der Waals surface area contributed by atoms with Gasteiger partial charge in [0.25, 0.3) is 0 Å². The quantitative estimate of drug-likeness (QED) is 0.500. The third kappa shape index (κ3) is 2.11. The van der Waals surface area contributed by atoms with Crippen molar-refractivity contribution in [2.45, 2.75) is 20.0 Å². The smallest absolute Gasteiger partial charge is 0.133 e. The second-order valence-electron chi connectivity index (χ2n) is 2.85. The Kier molecular flexibility index (Phi) is 2.93. The molecule has 0 aliphatic heterocycles. The van der Waals surface area contributed by atoms with Gasteiger partial charge in [-0.2, -0.15) is 0 Å². The van der Waals surface area contributed by atoms with E-state index in [9.17, 15) is 4.39 Å². The van der Waals surface area contributed by atoms with E-state index in [0.29, 0.717) is 4.86 Å². The summed E-state index contributed by atoms with van der Waals surface area (Å²) in [5.74, 6) is 0. The molecule has 0 bridgehead atoms. The van der Waals surface area contributed by atoms with Crippen LogP contribution in [0.15, 0.2) is 24.3 Å². The first-order valence-electron chi connectivity index (χ1n) is 3.86. The first kappa shape index (κ1) is 9.33. The van der Waals surface area contributed by atoms with Crippen LogP contribution in [0.3, 0.4) is 0 Å². The van der Waals surface area contributed by atoms with Crippen LogP contribution in [0.5, 0.6) is 0 Å². The summed E-state index contributed by atoms with van der Waals surface area (Å²) in [6.45, 7) is 3.45. The molecule has 1 unspecified atom stereocenters. The number of benzene rings is 1. The minimum Gasteiger partial charge on any atom is -0.242 e. The van der Waals surface area contributed by atoms with Crippen LogP contribution in [0.1, 0.15) is 18.1 Å². The summed E-state index contributed by atoms with van der Waals surface area (Å²) in [6.07, 6.45) is -1.04. The standard InChI is InChI=1S/C10H11FS/c1-7-3-5-9(6-4-7)10(12)8(2)11/h3-6,8H,1-2H3. The summed E-state index contributed by atoms with van der Waals surface area (Å²) in [5, 5.41) is 0. The van der Waals surface area contributed by atoms with Gasteiger partial charge < -0.3 is 0 Å². The Balaban J connectivity index is 2.90. The number of rotatable bonds is 2. The van der Waals surface area contributed by atoms with Crippen molar-refractivity contribution in [1.29, 1.82) is 0 Å². The fourth-order valence-electron chi connectivity index (χ4n) is 0.947. The van der Waals surface area contributed by atoms with Gasteiger partial charge >= 0.3 is 0 Å². The number of hydrogen-bond donors (Lipinski definition) is 0. The maximum atomic E-state index is 12.7. The lowest BCUT2D eigenvalue weighted by molar-refractivity contribution is 0.459. The van der Waals surface area contributed by atoms with Crippen LogP contribution in [0, 0.1) is 6.92 Å². The lowest BCUT2D eigenvalue weighted by Gasteiger charge is -2.04.